The minimum atomic E-state index is -0.238. The summed E-state index contributed by atoms with van der Waals surface area (Å²) in [6, 6.07) is 8.11. The molecule has 1 saturated carbocycles. The van der Waals surface area contributed by atoms with Crippen molar-refractivity contribution in [1.82, 2.24) is 15.2 Å². The van der Waals surface area contributed by atoms with Crippen LogP contribution in [0.1, 0.15) is 39.8 Å². The van der Waals surface area contributed by atoms with Gasteiger partial charge >= 0.3 is 0 Å². The van der Waals surface area contributed by atoms with Crippen molar-refractivity contribution in [3.63, 3.8) is 0 Å². The summed E-state index contributed by atoms with van der Waals surface area (Å²) in [5, 5.41) is 15.1. The Hall–Kier alpha value is -2.12. The molecule has 2 aromatic heterocycles. The van der Waals surface area contributed by atoms with E-state index in [1.54, 1.807) is 5.38 Å². The fourth-order valence-electron chi connectivity index (χ4n) is 2.15. The molecule has 7 heteroatoms. The number of aromatic nitrogens is 3. The molecule has 4 rings (SSSR count). The van der Waals surface area contributed by atoms with Crippen LogP contribution in [0.3, 0.4) is 0 Å². The number of hydrogen-bond donors (Lipinski definition) is 1. The number of anilines is 1. The fourth-order valence-corrected chi connectivity index (χ4v) is 3.86. The van der Waals surface area contributed by atoms with Crippen LogP contribution in [0.15, 0.2) is 29.6 Å². The van der Waals surface area contributed by atoms with Gasteiger partial charge < -0.3 is 0 Å². The van der Waals surface area contributed by atoms with Gasteiger partial charge in [-0.25, -0.2) is 4.98 Å². The van der Waals surface area contributed by atoms with Crippen molar-refractivity contribution in [2.45, 2.75) is 25.7 Å². The Morgan fingerprint density at radius 2 is 2.00 bits per heavy atom. The van der Waals surface area contributed by atoms with Crippen LogP contribution in [0.4, 0.5) is 5.13 Å². The summed E-state index contributed by atoms with van der Waals surface area (Å²) in [6.07, 6.45) is 2.35. The van der Waals surface area contributed by atoms with Crippen LogP contribution in [0.25, 0.3) is 10.6 Å². The van der Waals surface area contributed by atoms with Gasteiger partial charge in [0.25, 0.3) is 5.91 Å². The highest BCUT2D eigenvalue weighted by Gasteiger charge is 2.27. The Kier molecular flexibility index (Phi) is 3.66. The molecule has 5 nitrogen and oxygen atoms in total. The summed E-state index contributed by atoms with van der Waals surface area (Å²) in [5.41, 5.74) is 2.63. The second-order valence-corrected chi connectivity index (χ2v) is 7.44. The molecule has 23 heavy (non-hydrogen) atoms. The SMILES string of the molecule is Cc1ccc(-c2nc(C(=O)Nc3nnc(C4CC4)s3)cs2)cc1. The van der Waals surface area contributed by atoms with Crippen molar-refractivity contribution in [3.8, 4) is 10.6 Å². The number of hydrogen-bond acceptors (Lipinski definition) is 6. The highest BCUT2D eigenvalue weighted by Crippen LogP contribution is 2.42. The zero-order valence-corrected chi connectivity index (χ0v) is 14.1. The van der Waals surface area contributed by atoms with Crippen molar-refractivity contribution in [1.29, 1.82) is 0 Å². The molecule has 1 fully saturated rings. The Morgan fingerprint density at radius 3 is 2.74 bits per heavy atom. The van der Waals surface area contributed by atoms with E-state index in [0.717, 1.165) is 15.6 Å². The summed E-state index contributed by atoms with van der Waals surface area (Å²) in [4.78, 5) is 16.7. The molecule has 1 aliphatic carbocycles. The first kappa shape index (κ1) is 14.5. The van der Waals surface area contributed by atoms with Crippen LogP contribution in [0, 0.1) is 6.92 Å². The zero-order chi connectivity index (χ0) is 15.8. The lowest BCUT2D eigenvalue weighted by Crippen LogP contribution is -2.12. The lowest BCUT2D eigenvalue weighted by molar-refractivity contribution is 0.102. The number of rotatable bonds is 4. The molecule has 0 unspecified atom stereocenters. The molecule has 0 spiro atoms. The van der Waals surface area contributed by atoms with Crippen LogP contribution in [-0.4, -0.2) is 21.1 Å². The molecule has 0 bridgehead atoms. The van der Waals surface area contributed by atoms with Gasteiger partial charge in [0.05, 0.1) is 0 Å². The normalized spacial score (nSPS) is 14.0. The van der Waals surface area contributed by atoms with Gasteiger partial charge in [0, 0.05) is 16.9 Å². The minimum Gasteiger partial charge on any atom is -0.295 e. The van der Waals surface area contributed by atoms with Crippen LogP contribution in [0.5, 0.6) is 0 Å². The highest BCUT2D eigenvalue weighted by molar-refractivity contribution is 7.15. The number of benzene rings is 1. The lowest BCUT2D eigenvalue weighted by Gasteiger charge is -1.98. The summed E-state index contributed by atoms with van der Waals surface area (Å²) >= 11 is 2.92. The van der Waals surface area contributed by atoms with E-state index in [1.807, 2.05) is 31.2 Å². The highest BCUT2D eigenvalue weighted by atomic mass is 32.1. The van der Waals surface area contributed by atoms with E-state index < -0.39 is 0 Å². The van der Waals surface area contributed by atoms with Gasteiger partial charge in [0.2, 0.25) is 5.13 Å². The van der Waals surface area contributed by atoms with Gasteiger partial charge in [-0.15, -0.1) is 21.5 Å². The second-order valence-electron chi connectivity index (χ2n) is 5.58. The van der Waals surface area contributed by atoms with E-state index in [0.29, 0.717) is 16.7 Å². The molecule has 1 amide bonds. The maximum absolute atomic E-state index is 12.3. The molecule has 2 heterocycles. The summed E-state index contributed by atoms with van der Waals surface area (Å²) in [5.74, 6) is 0.309. The summed E-state index contributed by atoms with van der Waals surface area (Å²) < 4.78 is 0. The summed E-state index contributed by atoms with van der Waals surface area (Å²) in [7, 11) is 0. The van der Waals surface area contributed by atoms with Gasteiger partial charge in [-0.2, -0.15) is 0 Å². The van der Waals surface area contributed by atoms with Crippen LogP contribution < -0.4 is 5.32 Å². The standard InChI is InChI=1S/C16H14N4OS2/c1-9-2-4-10(5-3-9)14-17-12(8-22-14)13(21)18-16-20-19-15(23-16)11-6-7-11/h2-5,8,11H,6-7H2,1H3,(H,18,20,21). The zero-order valence-electron chi connectivity index (χ0n) is 12.4. The third-order valence-electron chi connectivity index (χ3n) is 3.62. The van der Waals surface area contributed by atoms with Crippen molar-refractivity contribution < 1.29 is 4.79 Å². The molecule has 116 valence electrons. The van der Waals surface area contributed by atoms with Gasteiger partial charge in [0.15, 0.2) is 0 Å². The van der Waals surface area contributed by atoms with E-state index in [1.165, 1.54) is 41.1 Å². The number of nitrogens with one attached hydrogen (secondary N) is 1. The number of amides is 1. The number of aryl methyl sites for hydroxylation is 1. The molecule has 1 aliphatic rings. The molecule has 1 N–H and O–H groups in total. The van der Waals surface area contributed by atoms with E-state index in [9.17, 15) is 4.79 Å². The molecule has 1 aromatic carbocycles. The molecule has 0 saturated heterocycles. The number of nitrogens with zero attached hydrogens (tertiary/aromatic N) is 3. The lowest BCUT2D eigenvalue weighted by atomic mass is 10.2. The topological polar surface area (TPSA) is 67.8 Å². The second kappa shape index (κ2) is 5.82. The average Bonchev–Trinajstić information content (AvgIpc) is 3.10. The van der Waals surface area contributed by atoms with Crippen LogP contribution >= 0.6 is 22.7 Å². The Bertz CT molecular complexity index is 849. The van der Waals surface area contributed by atoms with E-state index >= 15 is 0 Å². The van der Waals surface area contributed by atoms with Crippen molar-refractivity contribution in [2.24, 2.45) is 0 Å². The molecular formula is C16H14N4OS2. The molecule has 0 radical (unpaired) electrons. The van der Waals surface area contributed by atoms with E-state index in [-0.39, 0.29) is 5.91 Å². The third-order valence-corrected chi connectivity index (χ3v) is 5.52. The molecule has 3 aromatic rings. The Balaban J connectivity index is 1.48. The first-order valence-electron chi connectivity index (χ1n) is 7.36. The van der Waals surface area contributed by atoms with E-state index in [2.05, 4.69) is 20.5 Å². The number of thiazole rings is 1. The van der Waals surface area contributed by atoms with Crippen LogP contribution in [0.2, 0.25) is 0 Å². The predicted molar refractivity (Wildman–Crippen MR) is 92.1 cm³/mol. The molecule has 0 aliphatic heterocycles. The maximum atomic E-state index is 12.3. The van der Waals surface area contributed by atoms with Gasteiger partial charge in [-0.1, -0.05) is 41.2 Å². The van der Waals surface area contributed by atoms with Crippen molar-refractivity contribution >= 4 is 33.7 Å². The van der Waals surface area contributed by atoms with Crippen molar-refractivity contribution in [2.75, 3.05) is 5.32 Å². The van der Waals surface area contributed by atoms with Crippen LogP contribution in [-0.2, 0) is 0 Å². The fraction of sp³-hybridized carbons (Fsp3) is 0.250. The summed E-state index contributed by atoms with van der Waals surface area (Å²) in [6.45, 7) is 2.04. The van der Waals surface area contributed by atoms with Crippen molar-refractivity contribution in [3.05, 3.63) is 45.9 Å². The monoisotopic (exact) mass is 342 g/mol. The number of carbonyl (C=O) groups excluding carboxylic acids is 1. The Labute approximate surface area is 141 Å². The van der Waals surface area contributed by atoms with Gasteiger partial charge in [-0.05, 0) is 19.8 Å². The molecular weight excluding hydrogens is 328 g/mol. The first-order chi connectivity index (χ1) is 11.2. The Morgan fingerprint density at radius 1 is 1.22 bits per heavy atom. The maximum Gasteiger partial charge on any atom is 0.276 e. The molecule has 0 atom stereocenters. The smallest absolute Gasteiger partial charge is 0.276 e. The minimum absolute atomic E-state index is 0.238. The first-order valence-corrected chi connectivity index (χ1v) is 9.06. The predicted octanol–water partition coefficient (Wildman–Crippen LogP) is 4.10. The van der Waals surface area contributed by atoms with Gasteiger partial charge in [0.1, 0.15) is 15.7 Å². The average molecular weight is 342 g/mol. The number of carbonyl (C=O) groups is 1. The van der Waals surface area contributed by atoms with Gasteiger partial charge in [-0.3, -0.25) is 10.1 Å². The quantitative estimate of drug-likeness (QED) is 0.775. The third kappa shape index (κ3) is 3.16. The largest absolute Gasteiger partial charge is 0.295 e. The van der Waals surface area contributed by atoms with E-state index in [4.69, 9.17) is 0 Å².